The Morgan fingerprint density at radius 2 is 1.56 bits per heavy atom. The lowest BCUT2D eigenvalue weighted by Crippen LogP contribution is -2.69. The molecule has 0 amide bonds. The van der Waals surface area contributed by atoms with Crippen molar-refractivity contribution in [3.05, 3.63) is 12.2 Å². The number of sulfonamides is 1. The third-order valence-corrected chi connectivity index (χ3v) is 18.5. The van der Waals surface area contributed by atoms with Gasteiger partial charge in [0, 0.05) is 50.2 Å². The Balaban J connectivity index is 1.18. The van der Waals surface area contributed by atoms with Gasteiger partial charge in [0.15, 0.2) is 0 Å². The SMILES string of the molecule is C=C(C)[C@@H]1CC[C@]2(NCCN3CCN(S(C)(=O)=O)CC3)CC[C@]3(C)[C@H](CC[C@@H]4[C@@]5(C)CC[C@H](OC(=O)CC(C)(C)C(=O)O)C(C)(C)[C@@H]5CC[C@]43C)[C@@H]12. The Bertz CT molecular complexity index is 1520. The standard InChI is InChI=1S/C42H71N3O6S/c1-28(2)29-13-18-42(43-21-22-44-23-25-45(26-24-44)52(10,49)50)20-19-40(8)30(35(29)42)11-12-32-39(7)16-15-33(51-34(46)27-37(3,4)36(47)48)38(5,6)31(39)14-17-41(32,40)9/h29-33,35,43H,1,11-27H2,2-10H3,(H,47,48)/t29-,30+,31-,32+,33-,35+,39-,40+,41+,42-/m0/s1. The number of carboxylic acids is 1. The topological polar surface area (TPSA) is 116 Å². The molecule has 6 fully saturated rings. The van der Waals surface area contributed by atoms with E-state index in [0.717, 1.165) is 45.4 Å². The maximum Gasteiger partial charge on any atom is 0.309 e. The summed E-state index contributed by atoms with van der Waals surface area (Å²) in [6.45, 7) is 27.2. The van der Waals surface area contributed by atoms with Gasteiger partial charge in [0.1, 0.15) is 6.10 Å². The van der Waals surface area contributed by atoms with Crippen LogP contribution in [0.25, 0.3) is 0 Å². The molecule has 0 aromatic rings. The van der Waals surface area contributed by atoms with Crippen molar-refractivity contribution in [3.8, 4) is 0 Å². The molecule has 0 unspecified atom stereocenters. The molecule has 10 heteroatoms. The highest BCUT2D eigenvalue weighted by molar-refractivity contribution is 7.88. The van der Waals surface area contributed by atoms with E-state index in [1.165, 1.54) is 56.8 Å². The van der Waals surface area contributed by atoms with Crippen LogP contribution in [-0.4, -0.2) is 91.8 Å². The molecule has 5 saturated carbocycles. The van der Waals surface area contributed by atoms with Gasteiger partial charge in [-0.2, -0.15) is 4.31 Å². The summed E-state index contributed by atoms with van der Waals surface area (Å²) in [7, 11) is -3.13. The second-order valence-electron chi connectivity index (χ2n) is 20.5. The van der Waals surface area contributed by atoms with Gasteiger partial charge in [0.25, 0.3) is 0 Å². The van der Waals surface area contributed by atoms with E-state index in [4.69, 9.17) is 4.74 Å². The van der Waals surface area contributed by atoms with Gasteiger partial charge < -0.3 is 15.2 Å². The number of esters is 1. The molecule has 1 aliphatic heterocycles. The summed E-state index contributed by atoms with van der Waals surface area (Å²) < 4.78 is 31.9. The van der Waals surface area contributed by atoms with Gasteiger partial charge in [-0.15, -0.1) is 0 Å². The number of fused-ring (bicyclic) bond motifs is 7. The highest BCUT2D eigenvalue weighted by Gasteiger charge is 2.71. The molecule has 0 radical (unpaired) electrons. The van der Waals surface area contributed by atoms with Crippen molar-refractivity contribution in [2.45, 2.75) is 138 Å². The van der Waals surface area contributed by atoms with Crippen molar-refractivity contribution in [1.82, 2.24) is 14.5 Å². The van der Waals surface area contributed by atoms with Crippen molar-refractivity contribution in [2.24, 2.45) is 56.7 Å². The van der Waals surface area contributed by atoms with Crippen LogP contribution in [0.5, 0.6) is 0 Å². The molecule has 2 N–H and O–H groups in total. The Morgan fingerprint density at radius 1 is 0.885 bits per heavy atom. The fourth-order valence-electron chi connectivity index (χ4n) is 14.0. The maximum absolute atomic E-state index is 13.1. The number of piperazine rings is 1. The smallest absolute Gasteiger partial charge is 0.309 e. The third-order valence-electron chi connectivity index (χ3n) is 17.2. The molecule has 1 heterocycles. The fourth-order valence-corrected chi connectivity index (χ4v) is 14.8. The van der Waals surface area contributed by atoms with Crippen LogP contribution in [0.4, 0.5) is 0 Å². The fraction of sp³-hybridized carbons (Fsp3) is 0.905. The molecule has 5 aliphatic carbocycles. The average molecular weight is 746 g/mol. The summed E-state index contributed by atoms with van der Waals surface area (Å²) in [5.41, 5.74) is 0.762. The number of allylic oxidation sites excluding steroid dienone is 1. The second-order valence-corrected chi connectivity index (χ2v) is 22.5. The Hall–Kier alpha value is -1.49. The number of hydrogen-bond acceptors (Lipinski definition) is 7. The molecular weight excluding hydrogens is 675 g/mol. The molecule has 6 aliphatic rings. The van der Waals surface area contributed by atoms with E-state index in [2.05, 4.69) is 58.3 Å². The van der Waals surface area contributed by atoms with Gasteiger partial charge >= 0.3 is 11.9 Å². The van der Waals surface area contributed by atoms with Crippen molar-refractivity contribution in [1.29, 1.82) is 0 Å². The molecule has 1 saturated heterocycles. The van der Waals surface area contributed by atoms with Crippen LogP contribution >= 0.6 is 0 Å². The zero-order valence-corrected chi connectivity index (χ0v) is 34.8. The summed E-state index contributed by atoms with van der Waals surface area (Å²) in [6.07, 6.45) is 12.6. The molecule has 9 nitrogen and oxygen atoms in total. The van der Waals surface area contributed by atoms with Crippen LogP contribution in [0.3, 0.4) is 0 Å². The first-order valence-corrected chi connectivity index (χ1v) is 22.4. The number of nitrogens with zero attached hydrogens (tertiary/aromatic N) is 2. The zero-order valence-electron chi connectivity index (χ0n) is 34.0. The van der Waals surface area contributed by atoms with Crippen LogP contribution in [0.15, 0.2) is 12.2 Å². The van der Waals surface area contributed by atoms with Gasteiger partial charge in [0.2, 0.25) is 10.0 Å². The minimum atomic E-state index is -3.13. The molecule has 0 bridgehead atoms. The third kappa shape index (κ3) is 6.53. The van der Waals surface area contributed by atoms with E-state index in [1.54, 1.807) is 18.2 Å². The van der Waals surface area contributed by atoms with E-state index in [9.17, 15) is 23.1 Å². The predicted molar refractivity (Wildman–Crippen MR) is 206 cm³/mol. The molecule has 296 valence electrons. The summed E-state index contributed by atoms with van der Waals surface area (Å²) in [5, 5.41) is 13.8. The number of rotatable bonds is 10. The number of carbonyl (C=O) groups excluding carboxylic acids is 1. The quantitative estimate of drug-likeness (QED) is 0.182. The largest absolute Gasteiger partial charge is 0.481 e. The first-order chi connectivity index (χ1) is 24.0. The summed E-state index contributed by atoms with van der Waals surface area (Å²) >= 11 is 0. The lowest BCUT2D eigenvalue weighted by Gasteiger charge is -2.73. The molecule has 10 atom stereocenters. The Morgan fingerprint density at radius 3 is 2.17 bits per heavy atom. The minimum absolute atomic E-state index is 0.109. The monoisotopic (exact) mass is 746 g/mol. The van der Waals surface area contributed by atoms with Gasteiger partial charge in [-0.3, -0.25) is 14.5 Å². The van der Waals surface area contributed by atoms with Crippen molar-refractivity contribution in [2.75, 3.05) is 45.5 Å². The lowest BCUT2D eigenvalue weighted by molar-refractivity contribution is -0.246. The predicted octanol–water partition coefficient (Wildman–Crippen LogP) is 6.98. The normalized spacial score (nSPS) is 42.3. The highest BCUT2D eigenvalue weighted by atomic mass is 32.2. The van der Waals surface area contributed by atoms with E-state index in [1.807, 2.05) is 0 Å². The summed E-state index contributed by atoms with van der Waals surface area (Å²) in [5.74, 6) is 1.45. The van der Waals surface area contributed by atoms with Crippen LogP contribution < -0.4 is 5.32 Å². The number of carboxylic acid groups (broad SMARTS) is 1. The van der Waals surface area contributed by atoms with Crippen LogP contribution in [0.1, 0.15) is 126 Å². The lowest BCUT2D eigenvalue weighted by atomic mass is 9.32. The Kier molecular flexibility index (Phi) is 10.5. The number of aliphatic carboxylic acids is 1. The first kappa shape index (κ1) is 40.2. The summed E-state index contributed by atoms with van der Waals surface area (Å²) in [6, 6.07) is 0. The molecule has 0 spiro atoms. The van der Waals surface area contributed by atoms with E-state index in [0.29, 0.717) is 42.7 Å². The minimum Gasteiger partial charge on any atom is -0.481 e. The zero-order chi connectivity index (χ0) is 38.3. The summed E-state index contributed by atoms with van der Waals surface area (Å²) in [4.78, 5) is 27.3. The molecular formula is C42H71N3O6S. The average Bonchev–Trinajstić information content (AvgIpc) is 3.42. The van der Waals surface area contributed by atoms with Crippen LogP contribution in [0, 0.1) is 56.7 Å². The number of nitrogens with one attached hydrogen (secondary N) is 1. The van der Waals surface area contributed by atoms with Crippen molar-refractivity contribution in [3.63, 3.8) is 0 Å². The molecule has 52 heavy (non-hydrogen) atoms. The van der Waals surface area contributed by atoms with Gasteiger partial charge in [-0.25, -0.2) is 8.42 Å². The van der Waals surface area contributed by atoms with Crippen molar-refractivity contribution < 1.29 is 27.9 Å². The number of hydrogen-bond donors (Lipinski definition) is 2. The first-order valence-electron chi connectivity index (χ1n) is 20.5. The number of ether oxygens (including phenoxy) is 1. The maximum atomic E-state index is 13.1. The van der Waals surface area contributed by atoms with E-state index in [-0.39, 0.29) is 45.7 Å². The molecule has 0 aromatic carbocycles. The van der Waals surface area contributed by atoms with Crippen LogP contribution in [-0.2, 0) is 24.3 Å². The van der Waals surface area contributed by atoms with Crippen LogP contribution in [0.2, 0.25) is 0 Å². The van der Waals surface area contributed by atoms with Gasteiger partial charge in [-0.1, -0.05) is 46.8 Å². The number of carbonyl (C=O) groups is 2. The molecule has 6 rings (SSSR count). The second kappa shape index (κ2) is 13.6. The van der Waals surface area contributed by atoms with E-state index >= 15 is 0 Å². The highest BCUT2D eigenvalue weighted by Crippen LogP contribution is 2.76. The molecule has 0 aromatic heterocycles. The van der Waals surface area contributed by atoms with Crippen molar-refractivity contribution >= 4 is 22.0 Å². The Labute approximate surface area is 315 Å². The van der Waals surface area contributed by atoms with E-state index < -0.39 is 21.4 Å². The van der Waals surface area contributed by atoms with Gasteiger partial charge in [0.05, 0.1) is 18.1 Å². The van der Waals surface area contributed by atoms with Gasteiger partial charge in [-0.05, 0) is 131 Å².